The molecule has 1 heterocycles. The van der Waals surface area contributed by atoms with E-state index in [1.807, 2.05) is 16.7 Å². The highest BCUT2D eigenvalue weighted by molar-refractivity contribution is 5.74. The topological polar surface area (TPSA) is 49.6 Å². The number of hydrogen-bond acceptors (Lipinski definition) is 2. The molecule has 2 N–H and O–H groups in total. The lowest BCUT2D eigenvalue weighted by Gasteiger charge is -2.32. The second kappa shape index (κ2) is 5.86. The molecule has 0 atom stereocenters. The number of likely N-dealkylation sites (tertiary alicyclic amines) is 1. The first-order chi connectivity index (χ1) is 6.79. The Kier molecular flexibility index (Phi) is 4.73. The van der Waals surface area contributed by atoms with Gasteiger partial charge >= 0.3 is 6.03 Å². The molecule has 0 unspecified atom stereocenters. The molecule has 0 radical (unpaired) electrons. The number of amides is 2. The minimum Gasteiger partial charge on any atom is -0.329 e. The number of piperidine rings is 1. The van der Waals surface area contributed by atoms with Crippen molar-refractivity contribution in [2.24, 2.45) is 5.73 Å². The maximum Gasteiger partial charge on any atom is 0.320 e. The van der Waals surface area contributed by atoms with E-state index in [0.29, 0.717) is 13.1 Å². The van der Waals surface area contributed by atoms with Crippen LogP contribution in [0.3, 0.4) is 0 Å². The van der Waals surface area contributed by atoms with Gasteiger partial charge in [-0.1, -0.05) is 0 Å². The molecule has 4 heteroatoms. The second-order valence-corrected chi connectivity index (χ2v) is 3.70. The molecule has 14 heavy (non-hydrogen) atoms. The van der Waals surface area contributed by atoms with Crippen LogP contribution in [-0.2, 0) is 0 Å². The number of carbonyl (C=O) groups excluding carboxylic acids is 1. The van der Waals surface area contributed by atoms with Crippen LogP contribution in [0.1, 0.15) is 26.2 Å². The Bertz CT molecular complexity index is 171. The highest BCUT2D eigenvalue weighted by atomic mass is 16.2. The normalized spacial score (nSPS) is 16.9. The monoisotopic (exact) mass is 199 g/mol. The van der Waals surface area contributed by atoms with Gasteiger partial charge in [-0.3, -0.25) is 0 Å². The number of carbonyl (C=O) groups is 1. The Hall–Kier alpha value is -0.770. The highest BCUT2D eigenvalue weighted by Crippen LogP contribution is 2.10. The molecule has 1 fully saturated rings. The van der Waals surface area contributed by atoms with Crippen LogP contribution >= 0.6 is 0 Å². The van der Waals surface area contributed by atoms with Gasteiger partial charge in [0.2, 0.25) is 0 Å². The summed E-state index contributed by atoms with van der Waals surface area (Å²) in [6.07, 6.45) is 3.55. The van der Waals surface area contributed by atoms with Crippen molar-refractivity contribution in [3.05, 3.63) is 0 Å². The summed E-state index contributed by atoms with van der Waals surface area (Å²) < 4.78 is 0. The summed E-state index contributed by atoms with van der Waals surface area (Å²) in [5, 5.41) is 0. The quantitative estimate of drug-likeness (QED) is 0.733. The van der Waals surface area contributed by atoms with E-state index in [-0.39, 0.29) is 6.03 Å². The summed E-state index contributed by atoms with van der Waals surface area (Å²) in [5.41, 5.74) is 5.46. The van der Waals surface area contributed by atoms with Gasteiger partial charge in [0.25, 0.3) is 0 Å². The molecule has 2 amide bonds. The molecule has 0 aromatic carbocycles. The average molecular weight is 199 g/mol. The van der Waals surface area contributed by atoms with Crippen LogP contribution < -0.4 is 5.73 Å². The van der Waals surface area contributed by atoms with Crippen LogP contribution in [0.25, 0.3) is 0 Å². The van der Waals surface area contributed by atoms with Crippen molar-refractivity contribution in [3.8, 4) is 0 Å². The number of hydrogen-bond donors (Lipinski definition) is 1. The fourth-order valence-corrected chi connectivity index (χ4v) is 1.83. The SMILES string of the molecule is CCN(CCN)C(=O)N1CCCCC1. The third kappa shape index (κ3) is 2.87. The van der Waals surface area contributed by atoms with Crippen molar-refractivity contribution in [2.75, 3.05) is 32.7 Å². The molecule has 4 nitrogen and oxygen atoms in total. The summed E-state index contributed by atoms with van der Waals surface area (Å²) in [6.45, 7) is 5.81. The minimum atomic E-state index is 0.164. The van der Waals surface area contributed by atoms with Gasteiger partial charge in [0.05, 0.1) is 0 Å². The lowest BCUT2D eigenvalue weighted by molar-refractivity contribution is 0.147. The number of nitrogens with two attached hydrogens (primary N) is 1. The number of rotatable bonds is 3. The van der Waals surface area contributed by atoms with Crippen LogP contribution in [0.5, 0.6) is 0 Å². The Morgan fingerprint density at radius 3 is 2.50 bits per heavy atom. The Morgan fingerprint density at radius 1 is 1.36 bits per heavy atom. The largest absolute Gasteiger partial charge is 0.329 e. The fraction of sp³-hybridized carbons (Fsp3) is 0.900. The molecule has 0 spiro atoms. The molecular formula is C10H21N3O. The average Bonchev–Trinajstić information content (AvgIpc) is 2.26. The first-order valence-electron chi connectivity index (χ1n) is 5.53. The lowest BCUT2D eigenvalue weighted by Crippen LogP contribution is -2.46. The van der Waals surface area contributed by atoms with Gasteiger partial charge in [-0.05, 0) is 26.2 Å². The molecule has 1 saturated heterocycles. The summed E-state index contributed by atoms with van der Waals surface area (Å²) in [7, 11) is 0. The first kappa shape index (κ1) is 11.3. The van der Waals surface area contributed by atoms with Crippen LogP contribution in [0.15, 0.2) is 0 Å². The zero-order valence-corrected chi connectivity index (χ0v) is 9.04. The molecule has 1 aliphatic rings. The summed E-state index contributed by atoms with van der Waals surface area (Å²) in [4.78, 5) is 15.7. The Morgan fingerprint density at radius 2 is 2.00 bits per heavy atom. The molecule has 0 bridgehead atoms. The van der Waals surface area contributed by atoms with Gasteiger partial charge in [0.15, 0.2) is 0 Å². The number of nitrogens with zero attached hydrogens (tertiary/aromatic N) is 2. The molecule has 0 aromatic heterocycles. The van der Waals surface area contributed by atoms with Crippen LogP contribution in [0.2, 0.25) is 0 Å². The second-order valence-electron chi connectivity index (χ2n) is 3.70. The Balaban J connectivity index is 2.43. The van der Waals surface area contributed by atoms with E-state index in [2.05, 4.69) is 0 Å². The van der Waals surface area contributed by atoms with Gasteiger partial charge in [-0.2, -0.15) is 0 Å². The van der Waals surface area contributed by atoms with E-state index in [1.165, 1.54) is 6.42 Å². The molecule has 0 aromatic rings. The van der Waals surface area contributed by atoms with Gasteiger partial charge in [0, 0.05) is 32.7 Å². The van der Waals surface area contributed by atoms with Crippen molar-refractivity contribution in [1.29, 1.82) is 0 Å². The molecule has 0 aliphatic carbocycles. The van der Waals surface area contributed by atoms with Crippen LogP contribution in [0.4, 0.5) is 4.79 Å². The van der Waals surface area contributed by atoms with Crippen molar-refractivity contribution in [3.63, 3.8) is 0 Å². The van der Waals surface area contributed by atoms with Crippen molar-refractivity contribution >= 4 is 6.03 Å². The molecular weight excluding hydrogens is 178 g/mol. The van der Waals surface area contributed by atoms with E-state index >= 15 is 0 Å². The van der Waals surface area contributed by atoms with Crippen LogP contribution in [0, 0.1) is 0 Å². The molecule has 1 rings (SSSR count). The van der Waals surface area contributed by atoms with E-state index in [9.17, 15) is 4.79 Å². The lowest BCUT2D eigenvalue weighted by atomic mass is 10.1. The Labute approximate surface area is 86.0 Å². The third-order valence-electron chi connectivity index (χ3n) is 2.68. The number of likely N-dealkylation sites (N-methyl/N-ethyl adjacent to an activating group) is 1. The zero-order valence-electron chi connectivity index (χ0n) is 9.04. The predicted octanol–water partition coefficient (Wildman–Crippen LogP) is 0.873. The minimum absolute atomic E-state index is 0.164. The van der Waals surface area contributed by atoms with Crippen molar-refractivity contribution in [1.82, 2.24) is 9.80 Å². The third-order valence-corrected chi connectivity index (χ3v) is 2.68. The highest BCUT2D eigenvalue weighted by Gasteiger charge is 2.20. The van der Waals surface area contributed by atoms with Gasteiger partial charge in [-0.25, -0.2) is 4.79 Å². The van der Waals surface area contributed by atoms with E-state index in [1.54, 1.807) is 0 Å². The molecule has 1 aliphatic heterocycles. The van der Waals surface area contributed by atoms with Crippen LogP contribution in [-0.4, -0.2) is 48.6 Å². The predicted molar refractivity (Wildman–Crippen MR) is 57.1 cm³/mol. The van der Waals surface area contributed by atoms with Crippen molar-refractivity contribution in [2.45, 2.75) is 26.2 Å². The van der Waals surface area contributed by atoms with E-state index in [0.717, 1.165) is 32.5 Å². The van der Waals surface area contributed by atoms with E-state index in [4.69, 9.17) is 5.73 Å². The maximum absolute atomic E-state index is 11.9. The zero-order chi connectivity index (χ0) is 10.4. The fourth-order valence-electron chi connectivity index (χ4n) is 1.83. The van der Waals surface area contributed by atoms with Crippen molar-refractivity contribution < 1.29 is 4.79 Å². The summed E-state index contributed by atoms with van der Waals surface area (Å²) >= 11 is 0. The van der Waals surface area contributed by atoms with Gasteiger partial charge in [-0.15, -0.1) is 0 Å². The first-order valence-corrected chi connectivity index (χ1v) is 5.53. The number of urea groups is 1. The standard InChI is InChI=1S/C10H21N3O/c1-2-12(9-6-11)10(14)13-7-4-3-5-8-13/h2-9,11H2,1H3. The van der Waals surface area contributed by atoms with Gasteiger partial charge in [0.1, 0.15) is 0 Å². The smallest absolute Gasteiger partial charge is 0.320 e. The maximum atomic E-state index is 11.9. The molecule has 0 saturated carbocycles. The molecule has 82 valence electrons. The van der Waals surface area contributed by atoms with Gasteiger partial charge < -0.3 is 15.5 Å². The summed E-state index contributed by atoms with van der Waals surface area (Å²) in [5.74, 6) is 0. The van der Waals surface area contributed by atoms with E-state index < -0.39 is 0 Å². The summed E-state index contributed by atoms with van der Waals surface area (Å²) in [6, 6.07) is 0.164.